The number of benzene rings is 2. The molecule has 0 saturated carbocycles. The first-order valence-corrected chi connectivity index (χ1v) is 11.3. The number of aromatic nitrogens is 4. The normalized spacial score (nSPS) is 11.9. The Balaban J connectivity index is 1.59. The largest absolute Gasteiger partial charge is 0.417 e. The molecule has 7 nitrogen and oxygen atoms in total. The number of rotatable bonds is 5. The van der Waals surface area contributed by atoms with Crippen molar-refractivity contribution in [1.29, 1.82) is 0 Å². The van der Waals surface area contributed by atoms with Gasteiger partial charge in [0.1, 0.15) is 5.82 Å². The van der Waals surface area contributed by atoms with Crippen molar-refractivity contribution in [2.45, 2.75) is 33.1 Å². The van der Waals surface area contributed by atoms with Crippen molar-refractivity contribution in [3.8, 4) is 11.3 Å². The third-order valence-corrected chi connectivity index (χ3v) is 6.13. The number of hydrogen-bond donors (Lipinski definition) is 0. The quantitative estimate of drug-likeness (QED) is 0.307. The van der Waals surface area contributed by atoms with Crippen LogP contribution in [-0.2, 0) is 19.3 Å². The Morgan fingerprint density at radius 3 is 2.56 bits per heavy atom. The molecule has 0 saturated heterocycles. The summed E-state index contributed by atoms with van der Waals surface area (Å²) >= 11 is 0. The van der Waals surface area contributed by atoms with Crippen LogP contribution >= 0.6 is 0 Å². The molecule has 0 fully saturated rings. The van der Waals surface area contributed by atoms with E-state index in [9.17, 15) is 18.0 Å². The molecular weight excluding hydrogens is 471 g/mol. The lowest BCUT2D eigenvalue weighted by atomic mass is 10.0. The predicted octanol–water partition coefficient (Wildman–Crippen LogP) is 5.86. The van der Waals surface area contributed by atoms with Gasteiger partial charge in [0, 0.05) is 19.2 Å². The molecular formula is C26H22F3N5O2. The van der Waals surface area contributed by atoms with E-state index in [1.165, 1.54) is 29.2 Å². The highest BCUT2D eigenvalue weighted by molar-refractivity contribution is 6.07. The summed E-state index contributed by atoms with van der Waals surface area (Å²) in [6.07, 6.45) is -4.59. The number of amides is 1. The number of para-hydroxylation sites is 2. The highest BCUT2D eigenvalue weighted by Crippen LogP contribution is 2.37. The average molecular weight is 493 g/mol. The smallest absolute Gasteiger partial charge is 0.335 e. The van der Waals surface area contributed by atoms with E-state index < -0.39 is 17.6 Å². The van der Waals surface area contributed by atoms with Crippen molar-refractivity contribution in [2.75, 3.05) is 7.05 Å². The average Bonchev–Trinajstić information content (AvgIpc) is 3.41. The molecule has 3 aromatic heterocycles. The van der Waals surface area contributed by atoms with Crippen molar-refractivity contribution >= 4 is 28.0 Å². The molecule has 5 rings (SSSR count). The monoisotopic (exact) mass is 493 g/mol. The fraction of sp³-hybridized carbons (Fsp3) is 0.231. The van der Waals surface area contributed by atoms with Crippen molar-refractivity contribution in [2.24, 2.45) is 0 Å². The lowest BCUT2D eigenvalue weighted by molar-refractivity contribution is -0.137. The fourth-order valence-corrected chi connectivity index (χ4v) is 4.44. The van der Waals surface area contributed by atoms with E-state index in [0.717, 1.165) is 17.1 Å². The van der Waals surface area contributed by atoms with Crippen molar-refractivity contribution in [1.82, 2.24) is 24.6 Å². The summed E-state index contributed by atoms with van der Waals surface area (Å²) in [4.78, 5) is 24.1. The highest BCUT2D eigenvalue weighted by atomic mass is 19.4. The van der Waals surface area contributed by atoms with Gasteiger partial charge in [-0.15, -0.1) is 0 Å². The van der Waals surface area contributed by atoms with E-state index in [1.807, 2.05) is 35.8 Å². The third kappa shape index (κ3) is 3.98. The Morgan fingerprint density at radius 2 is 1.81 bits per heavy atom. The number of halogens is 3. The van der Waals surface area contributed by atoms with Gasteiger partial charge in [-0.05, 0) is 38.1 Å². The first-order valence-electron chi connectivity index (χ1n) is 11.3. The Kier molecular flexibility index (Phi) is 5.74. The molecule has 36 heavy (non-hydrogen) atoms. The third-order valence-electron chi connectivity index (χ3n) is 6.13. The van der Waals surface area contributed by atoms with E-state index in [0.29, 0.717) is 23.4 Å². The van der Waals surface area contributed by atoms with E-state index in [2.05, 4.69) is 15.1 Å². The molecule has 0 spiro atoms. The second-order valence-corrected chi connectivity index (χ2v) is 8.47. The van der Waals surface area contributed by atoms with Crippen LogP contribution in [-0.4, -0.2) is 37.5 Å². The lowest BCUT2D eigenvalue weighted by Crippen LogP contribution is -2.28. The van der Waals surface area contributed by atoms with Crippen molar-refractivity contribution < 1.29 is 22.5 Å². The topological polar surface area (TPSA) is 77.0 Å². The number of nitrogens with zero attached hydrogens (tertiary/aromatic N) is 5. The maximum absolute atomic E-state index is 13.7. The first kappa shape index (κ1) is 23.5. The maximum atomic E-state index is 13.7. The van der Waals surface area contributed by atoms with Crippen LogP contribution < -0.4 is 0 Å². The molecule has 3 heterocycles. The summed E-state index contributed by atoms with van der Waals surface area (Å²) in [5.74, 6) is 0.290. The molecule has 5 aromatic rings. The summed E-state index contributed by atoms with van der Waals surface area (Å²) in [5.41, 5.74) is 1.34. The number of imidazole rings is 1. The number of carbonyl (C=O) groups excluding carboxylic acids is 1. The summed E-state index contributed by atoms with van der Waals surface area (Å²) in [5, 5.41) is 4.26. The molecule has 0 unspecified atom stereocenters. The summed E-state index contributed by atoms with van der Waals surface area (Å²) in [6, 6.07) is 14.2. The number of fused-ring (bicyclic) bond motifs is 2. The second kappa shape index (κ2) is 8.78. The summed E-state index contributed by atoms with van der Waals surface area (Å²) < 4.78 is 48.4. The van der Waals surface area contributed by atoms with Crippen molar-refractivity contribution in [3.63, 3.8) is 0 Å². The van der Waals surface area contributed by atoms with Gasteiger partial charge in [-0.3, -0.25) is 4.79 Å². The van der Waals surface area contributed by atoms with E-state index >= 15 is 0 Å². The van der Waals surface area contributed by atoms with Gasteiger partial charge in [0.15, 0.2) is 0 Å². The van der Waals surface area contributed by atoms with Gasteiger partial charge in [-0.25, -0.2) is 9.97 Å². The number of alkyl halides is 3. The first-order chi connectivity index (χ1) is 17.2. The van der Waals surface area contributed by atoms with Gasteiger partial charge in [-0.1, -0.05) is 35.5 Å². The van der Waals surface area contributed by atoms with Gasteiger partial charge in [0.25, 0.3) is 11.6 Å². The van der Waals surface area contributed by atoms with Crippen LogP contribution in [0.15, 0.2) is 59.1 Å². The number of hydrogen-bond acceptors (Lipinski definition) is 5. The fourth-order valence-electron chi connectivity index (χ4n) is 4.44. The molecule has 0 aliphatic rings. The zero-order valence-corrected chi connectivity index (χ0v) is 19.8. The molecule has 0 aliphatic heterocycles. The van der Waals surface area contributed by atoms with Crippen LogP contribution in [0.2, 0.25) is 0 Å². The molecule has 184 valence electrons. The summed E-state index contributed by atoms with van der Waals surface area (Å²) in [6.45, 7) is 4.52. The standard InChI is InChI=1S/C26H22F3N5O2/c1-4-34-21-12-8-7-11-19(21)30-22(34)14-33(3)25(35)17-13-20(31-24-23(17)15(2)32-36-24)16-9-5-6-10-18(16)26(27,28)29/h5-13H,4,14H2,1-3H3. The minimum atomic E-state index is -4.59. The minimum absolute atomic E-state index is 0.000440. The molecule has 2 aromatic carbocycles. The van der Waals surface area contributed by atoms with E-state index in [1.54, 1.807) is 14.0 Å². The van der Waals surface area contributed by atoms with Crippen LogP contribution in [0.3, 0.4) is 0 Å². The van der Waals surface area contributed by atoms with Gasteiger partial charge in [0.2, 0.25) is 0 Å². The van der Waals surface area contributed by atoms with Crippen LogP contribution in [0.1, 0.15) is 34.4 Å². The zero-order valence-electron chi connectivity index (χ0n) is 19.8. The number of aryl methyl sites for hydroxylation is 2. The van der Waals surface area contributed by atoms with Gasteiger partial charge in [0.05, 0.1) is 45.5 Å². The summed E-state index contributed by atoms with van der Waals surface area (Å²) in [7, 11) is 1.63. The molecule has 0 atom stereocenters. The van der Waals surface area contributed by atoms with Gasteiger partial charge >= 0.3 is 6.18 Å². The molecule has 10 heteroatoms. The molecule has 1 amide bonds. The zero-order chi connectivity index (χ0) is 25.6. The Labute approximate surface area is 204 Å². The Bertz CT molecular complexity index is 1600. The van der Waals surface area contributed by atoms with E-state index in [-0.39, 0.29) is 29.1 Å². The van der Waals surface area contributed by atoms with Gasteiger partial charge in [-0.2, -0.15) is 13.2 Å². The number of carbonyl (C=O) groups is 1. The highest BCUT2D eigenvalue weighted by Gasteiger charge is 2.34. The Morgan fingerprint density at radius 1 is 1.08 bits per heavy atom. The van der Waals surface area contributed by atoms with E-state index in [4.69, 9.17) is 4.52 Å². The maximum Gasteiger partial charge on any atom is 0.417 e. The Hall–Kier alpha value is -4.21. The van der Waals surface area contributed by atoms with Crippen LogP contribution in [0.4, 0.5) is 13.2 Å². The molecule has 0 N–H and O–H groups in total. The number of pyridine rings is 1. The van der Waals surface area contributed by atoms with Crippen molar-refractivity contribution in [3.05, 3.63) is 77.2 Å². The molecule has 0 radical (unpaired) electrons. The molecule has 0 bridgehead atoms. The SMILES string of the molecule is CCn1c(CN(C)C(=O)c2cc(-c3ccccc3C(F)(F)F)nc3onc(C)c23)nc2ccccc21. The second-order valence-electron chi connectivity index (χ2n) is 8.47. The minimum Gasteiger partial charge on any atom is -0.335 e. The lowest BCUT2D eigenvalue weighted by Gasteiger charge is -2.19. The van der Waals surface area contributed by atoms with Crippen LogP contribution in [0.5, 0.6) is 0 Å². The molecule has 0 aliphatic carbocycles. The predicted molar refractivity (Wildman–Crippen MR) is 128 cm³/mol. The van der Waals surface area contributed by atoms with Gasteiger partial charge < -0.3 is 14.0 Å². The van der Waals surface area contributed by atoms with Crippen LogP contribution in [0.25, 0.3) is 33.4 Å². The van der Waals surface area contributed by atoms with Crippen LogP contribution in [0, 0.1) is 6.92 Å².